The van der Waals surface area contributed by atoms with Crippen molar-refractivity contribution in [3.8, 4) is 17.0 Å². The van der Waals surface area contributed by atoms with Crippen LogP contribution in [0.25, 0.3) is 22.2 Å². The Morgan fingerprint density at radius 1 is 1.36 bits per heavy atom. The molecule has 5 N–H and O–H groups in total. The largest absolute Gasteiger partial charge is 0.497 e. The van der Waals surface area contributed by atoms with Gasteiger partial charge in [-0.15, -0.1) is 0 Å². The quantitative estimate of drug-likeness (QED) is 0.462. The molecule has 0 unspecified atom stereocenters. The van der Waals surface area contributed by atoms with Crippen molar-refractivity contribution >= 4 is 28.4 Å². The van der Waals surface area contributed by atoms with Crippen LogP contribution in [0.1, 0.15) is 15.9 Å². The summed E-state index contributed by atoms with van der Waals surface area (Å²) in [6.07, 6.45) is 0. The van der Waals surface area contributed by atoms with E-state index >= 15 is 0 Å². The van der Waals surface area contributed by atoms with E-state index in [1.165, 1.54) is 4.90 Å². The Hall–Kier alpha value is -3.81. The van der Waals surface area contributed by atoms with Crippen LogP contribution in [0.3, 0.4) is 0 Å². The van der Waals surface area contributed by atoms with Crippen LogP contribution >= 0.6 is 0 Å². The van der Waals surface area contributed by atoms with Crippen molar-refractivity contribution in [2.75, 3.05) is 19.4 Å². The highest BCUT2D eigenvalue weighted by molar-refractivity contribution is 6.07. The number of nitrogen functional groups attached to an aromatic ring is 1. The Kier molecular flexibility index (Phi) is 4.03. The number of aromatic nitrogens is 2. The molecule has 0 aliphatic carbocycles. The number of hydrogen-bond donors (Lipinski definition) is 3. The smallest absolute Gasteiger partial charge is 0.256 e. The lowest BCUT2D eigenvalue weighted by molar-refractivity contribution is -0.114. The highest BCUT2D eigenvalue weighted by Gasteiger charge is 2.33. The third kappa shape index (κ3) is 2.66. The Labute approximate surface area is 160 Å². The lowest BCUT2D eigenvalue weighted by Crippen LogP contribution is -2.30. The van der Waals surface area contributed by atoms with E-state index in [1.807, 2.05) is 24.3 Å². The van der Waals surface area contributed by atoms with Crippen molar-refractivity contribution in [2.24, 2.45) is 5.73 Å². The predicted octanol–water partition coefficient (Wildman–Crippen LogP) is 1.82. The number of amides is 2. The first-order valence-electron chi connectivity index (χ1n) is 8.61. The number of H-pyrrole nitrogens is 1. The number of benzene rings is 2. The number of nitrogens with zero attached hydrogens (tertiary/aromatic N) is 2. The maximum Gasteiger partial charge on any atom is 0.256 e. The van der Waals surface area contributed by atoms with Gasteiger partial charge in [-0.3, -0.25) is 14.7 Å². The fraction of sp³-hybridized carbons (Fsp3) is 0.150. The molecule has 1 aliphatic heterocycles. The average molecular weight is 377 g/mol. The van der Waals surface area contributed by atoms with Gasteiger partial charge in [0, 0.05) is 28.8 Å². The van der Waals surface area contributed by atoms with Crippen LogP contribution in [0.15, 0.2) is 42.5 Å². The number of aromatic amines is 1. The molecule has 142 valence electrons. The normalized spacial score (nSPS) is 13.0. The van der Waals surface area contributed by atoms with Gasteiger partial charge in [-0.2, -0.15) is 5.10 Å². The number of rotatable bonds is 5. The molecule has 0 atom stereocenters. The van der Waals surface area contributed by atoms with Gasteiger partial charge in [0.25, 0.3) is 5.91 Å². The van der Waals surface area contributed by atoms with Gasteiger partial charge in [-0.05, 0) is 29.8 Å². The molecule has 0 fully saturated rings. The van der Waals surface area contributed by atoms with Crippen molar-refractivity contribution in [3.05, 3.63) is 53.6 Å². The number of hydrogen-bond acceptors (Lipinski definition) is 5. The van der Waals surface area contributed by atoms with Crippen LogP contribution in [0, 0.1) is 0 Å². The zero-order valence-corrected chi connectivity index (χ0v) is 15.3. The number of nitrogens with one attached hydrogen (secondary N) is 1. The highest BCUT2D eigenvalue weighted by Crippen LogP contribution is 2.38. The van der Waals surface area contributed by atoms with Gasteiger partial charge in [0.1, 0.15) is 11.4 Å². The summed E-state index contributed by atoms with van der Waals surface area (Å²) in [4.78, 5) is 25.7. The van der Waals surface area contributed by atoms with Crippen LogP contribution in [-0.4, -0.2) is 40.6 Å². The first-order valence-corrected chi connectivity index (χ1v) is 8.61. The SMILES string of the molecule is C=C(CN1Cc2c(-c3n[nH]c4ccc(OC)cc34)ccc(N)c2C1=O)C(N)=O. The van der Waals surface area contributed by atoms with E-state index in [2.05, 4.69) is 16.8 Å². The van der Waals surface area contributed by atoms with E-state index in [4.69, 9.17) is 16.2 Å². The first-order chi connectivity index (χ1) is 13.4. The van der Waals surface area contributed by atoms with Crippen molar-refractivity contribution in [3.63, 3.8) is 0 Å². The minimum atomic E-state index is -0.637. The number of methoxy groups -OCH3 is 1. The Morgan fingerprint density at radius 3 is 2.86 bits per heavy atom. The van der Waals surface area contributed by atoms with Gasteiger partial charge in [-0.1, -0.05) is 12.6 Å². The average Bonchev–Trinajstić information content (AvgIpc) is 3.23. The second-order valence-electron chi connectivity index (χ2n) is 6.67. The van der Waals surface area contributed by atoms with Crippen molar-refractivity contribution in [1.82, 2.24) is 15.1 Å². The number of fused-ring (bicyclic) bond motifs is 2. The molecule has 0 saturated carbocycles. The van der Waals surface area contributed by atoms with Crippen LogP contribution in [0.4, 0.5) is 5.69 Å². The van der Waals surface area contributed by atoms with Crippen LogP contribution in [-0.2, 0) is 11.3 Å². The zero-order chi connectivity index (χ0) is 20.0. The van der Waals surface area contributed by atoms with E-state index in [1.54, 1.807) is 13.2 Å². The van der Waals surface area contributed by atoms with Crippen LogP contribution in [0.5, 0.6) is 5.75 Å². The van der Waals surface area contributed by atoms with Crippen molar-refractivity contribution < 1.29 is 14.3 Å². The molecule has 1 aliphatic rings. The summed E-state index contributed by atoms with van der Waals surface area (Å²) in [6, 6.07) is 9.16. The number of carbonyl (C=O) groups is 2. The van der Waals surface area contributed by atoms with E-state index in [0.717, 1.165) is 22.0 Å². The van der Waals surface area contributed by atoms with E-state index in [-0.39, 0.29) is 18.0 Å². The van der Waals surface area contributed by atoms with Crippen molar-refractivity contribution in [1.29, 1.82) is 0 Å². The second-order valence-corrected chi connectivity index (χ2v) is 6.67. The van der Waals surface area contributed by atoms with Gasteiger partial charge in [0.15, 0.2) is 0 Å². The second kappa shape index (κ2) is 6.41. The number of anilines is 1. The summed E-state index contributed by atoms with van der Waals surface area (Å²) < 4.78 is 5.32. The molecule has 2 aromatic carbocycles. The monoisotopic (exact) mass is 377 g/mol. The van der Waals surface area contributed by atoms with Gasteiger partial charge < -0.3 is 21.1 Å². The molecule has 0 saturated heterocycles. The summed E-state index contributed by atoms with van der Waals surface area (Å²) in [7, 11) is 1.60. The summed E-state index contributed by atoms with van der Waals surface area (Å²) in [6.45, 7) is 3.98. The fourth-order valence-electron chi connectivity index (χ4n) is 3.49. The Bertz CT molecular complexity index is 1150. The maximum absolute atomic E-state index is 12.9. The van der Waals surface area contributed by atoms with E-state index in [0.29, 0.717) is 29.2 Å². The van der Waals surface area contributed by atoms with Crippen molar-refractivity contribution in [2.45, 2.75) is 6.54 Å². The van der Waals surface area contributed by atoms with E-state index in [9.17, 15) is 9.59 Å². The minimum Gasteiger partial charge on any atom is -0.497 e. The van der Waals surface area contributed by atoms with Gasteiger partial charge >= 0.3 is 0 Å². The molecule has 0 spiro atoms. The van der Waals surface area contributed by atoms with Gasteiger partial charge in [0.05, 0.1) is 24.7 Å². The molecule has 1 aromatic heterocycles. The van der Waals surface area contributed by atoms with Crippen LogP contribution in [0.2, 0.25) is 0 Å². The highest BCUT2D eigenvalue weighted by atomic mass is 16.5. The molecule has 2 heterocycles. The zero-order valence-electron chi connectivity index (χ0n) is 15.3. The summed E-state index contributed by atoms with van der Waals surface area (Å²) in [5.74, 6) is -0.186. The topological polar surface area (TPSA) is 127 Å². The molecule has 8 nitrogen and oxygen atoms in total. The molecule has 8 heteroatoms. The lowest BCUT2D eigenvalue weighted by atomic mass is 9.97. The molecule has 0 bridgehead atoms. The Balaban J connectivity index is 1.82. The molecule has 4 rings (SSSR count). The maximum atomic E-state index is 12.9. The standard InChI is InChI=1S/C20H19N5O3/c1-10(19(22)26)8-25-9-14-12(4-5-15(21)17(14)20(25)27)18-13-7-11(28-2)3-6-16(13)23-24-18/h3-7H,1,8-9,21H2,2H3,(H2,22,26)(H,23,24). The number of primary amides is 1. The number of nitrogens with two attached hydrogens (primary N) is 2. The molecule has 2 amide bonds. The molecular weight excluding hydrogens is 358 g/mol. The molecule has 3 aromatic rings. The fourth-order valence-corrected chi connectivity index (χ4v) is 3.49. The number of carbonyl (C=O) groups excluding carboxylic acids is 2. The predicted molar refractivity (Wildman–Crippen MR) is 106 cm³/mol. The van der Waals surface area contributed by atoms with Gasteiger partial charge in [0.2, 0.25) is 5.91 Å². The minimum absolute atomic E-state index is 0.0524. The Morgan fingerprint density at radius 2 is 2.14 bits per heavy atom. The van der Waals surface area contributed by atoms with E-state index < -0.39 is 5.91 Å². The first kappa shape index (κ1) is 17.6. The summed E-state index contributed by atoms with van der Waals surface area (Å²) in [5.41, 5.74) is 15.4. The summed E-state index contributed by atoms with van der Waals surface area (Å²) in [5, 5.41) is 8.32. The third-order valence-corrected chi connectivity index (χ3v) is 4.95. The number of ether oxygens (including phenoxy) is 1. The molecular formula is C20H19N5O3. The molecule has 0 radical (unpaired) electrons. The van der Waals surface area contributed by atoms with Gasteiger partial charge in [-0.25, -0.2) is 0 Å². The lowest BCUT2D eigenvalue weighted by Gasteiger charge is -2.15. The summed E-state index contributed by atoms with van der Waals surface area (Å²) >= 11 is 0. The molecule has 28 heavy (non-hydrogen) atoms. The van der Waals surface area contributed by atoms with Crippen LogP contribution < -0.4 is 16.2 Å². The third-order valence-electron chi connectivity index (χ3n) is 4.95.